The lowest BCUT2D eigenvalue weighted by molar-refractivity contribution is -0.671. The molecule has 2 rings (SSSR count). The van der Waals surface area contributed by atoms with Gasteiger partial charge in [-0.15, -0.1) is 0 Å². The summed E-state index contributed by atoms with van der Waals surface area (Å²) in [5.74, 6) is 0. The summed E-state index contributed by atoms with van der Waals surface area (Å²) in [5.41, 5.74) is 2.16. The second kappa shape index (κ2) is 5.25. The summed E-state index contributed by atoms with van der Waals surface area (Å²) in [5, 5.41) is 6.25. The number of rotatable bonds is 3. The Morgan fingerprint density at radius 2 is 1.71 bits per heavy atom. The highest BCUT2D eigenvalue weighted by Crippen LogP contribution is 2.10. The van der Waals surface area contributed by atoms with Crippen LogP contribution in [0.1, 0.15) is 5.56 Å². The molecule has 0 saturated carbocycles. The molecule has 3 nitrogen and oxygen atoms in total. The first-order valence-electron chi connectivity index (χ1n) is 5.54. The van der Waals surface area contributed by atoms with Gasteiger partial charge in [-0.2, -0.15) is 5.10 Å². The summed E-state index contributed by atoms with van der Waals surface area (Å²) in [4.78, 5) is 0. The Bertz CT molecular complexity index is 489. The van der Waals surface area contributed by atoms with Gasteiger partial charge in [-0.1, -0.05) is 18.2 Å². The number of hydrazone groups is 1. The van der Waals surface area contributed by atoms with E-state index in [2.05, 4.69) is 5.10 Å². The first kappa shape index (κ1) is 11.3. The van der Waals surface area contributed by atoms with Gasteiger partial charge in [0.15, 0.2) is 12.4 Å². The fourth-order valence-corrected chi connectivity index (χ4v) is 1.46. The highest BCUT2D eigenvalue weighted by molar-refractivity contribution is 5.79. The maximum absolute atomic E-state index is 4.39. The van der Waals surface area contributed by atoms with Crippen molar-refractivity contribution in [2.75, 3.05) is 12.1 Å². The van der Waals surface area contributed by atoms with Crippen LogP contribution >= 0.6 is 0 Å². The zero-order valence-corrected chi connectivity index (χ0v) is 10.1. The van der Waals surface area contributed by atoms with E-state index in [1.165, 1.54) is 0 Å². The van der Waals surface area contributed by atoms with E-state index in [1.807, 2.05) is 84.7 Å². The molecule has 3 heteroatoms. The maximum Gasteiger partial charge on any atom is 0.169 e. The monoisotopic (exact) mass is 226 g/mol. The second-order valence-corrected chi connectivity index (χ2v) is 3.90. The molecule has 0 aliphatic carbocycles. The number of aromatic nitrogens is 1. The van der Waals surface area contributed by atoms with E-state index >= 15 is 0 Å². The van der Waals surface area contributed by atoms with Crippen LogP contribution in [0.25, 0.3) is 0 Å². The first-order chi connectivity index (χ1) is 8.25. The fraction of sp³-hybridized carbons (Fsp3) is 0.143. The van der Waals surface area contributed by atoms with Crippen molar-refractivity contribution < 1.29 is 4.57 Å². The van der Waals surface area contributed by atoms with Crippen molar-refractivity contribution in [3.05, 3.63) is 60.4 Å². The van der Waals surface area contributed by atoms with Gasteiger partial charge < -0.3 is 0 Å². The Morgan fingerprint density at radius 1 is 1.06 bits per heavy atom. The summed E-state index contributed by atoms with van der Waals surface area (Å²) in [6.07, 6.45) is 5.86. The number of aryl methyl sites for hydroxylation is 1. The van der Waals surface area contributed by atoms with Crippen LogP contribution in [-0.2, 0) is 7.05 Å². The number of hydrogen-bond donors (Lipinski definition) is 0. The molecule has 1 heterocycles. The average Bonchev–Trinajstić information content (AvgIpc) is 2.39. The second-order valence-electron chi connectivity index (χ2n) is 3.90. The van der Waals surface area contributed by atoms with Gasteiger partial charge in [0.25, 0.3) is 0 Å². The Kier molecular flexibility index (Phi) is 3.50. The molecule has 1 aromatic carbocycles. The number of pyridine rings is 1. The molecule has 0 amide bonds. The molecule has 0 atom stereocenters. The van der Waals surface area contributed by atoms with Crippen molar-refractivity contribution in [3.8, 4) is 0 Å². The molecule has 2 aromatic rings. The van der Waals surface area contributed by atoms with Crippen LogP contribution in [0.2, 0.25) is 0 Å². The van der Waals surface area contributed by atoms with E-state index in [0.717, 1.165) is 11.3 Å². The molecule has 0 radical (unpaired) electrons. The van der Waals surface area contributed by atoms with Gasteiger partial charge in [0.2, 0.25) is 0 Å². The lowest BCUT2D eigenvalue weighted by Gasteiger charge is -2.11. The highest BCUT2D eigenvalue weighted by Gasteiger charge is 1.96. The van der Waals surface area contributed by atoms with Crippen molar-refractivity contribution in [1.82, 2.24) is 0 Å². The Balaban J connectivity index is 2.08. The molecule has 17 heavy (non-hydrogen) atoms. The fourth-order valence-electron chi connectivity index (χ4n) is 1.46. The van der Waals surface area contributed by atoms with Crippen LogP contribution in [0.3, 0.4) is 0 Å². The van der Waals surface area contributed by atoms with E-state index in [-0.39, 0.29) is 0 Å². The van der Waals surface area contributed by atoms with E-state index in [4.69, 9.17) is 0 Å². The number of anilines is 1. The summed E-state index contributed by atoms with van der Waals surface area (Å²) < 4.78 is 2.00. The topological polar surface area (TPSA) is 19.5 Å². The van der Waals surface area contributed by atoms with Crippen LogP contribution in [-0.4, -0.2) is 13.3 Å². The third-order valence-corrected chi connectivity index (χ3v) is 2.51. The van der Waals surface area contributed by atoms with Gasteiger partial charge in [0.05, 0.1) is 11.9 Å². The summed E-state index contributed by atoms with van der Waals surface area (Å²) in [7, 11) is 3.94. The van der Waals surface area contributed by atoms with Gasteiger partial charge in [-0.25, -0.2) is 4.57 Å². The van der Waals surface area contributed by atoms with Crippen molar-refractivity contribution in [3.63, 3.8) is 0 Å². The third-order valence-electron chi connectivity index (χ3n) is 2.51. The molecule has 0 saturated heterocycles. The quantitative estimate of drug-likeness (QED) is 0.445. The van der Waals surface area contributed by atoms with Crippen LogP contribution in [0.4, 0.5) is 5.69 Å². The Morgan fingerprint density at radius 3 is 2.35 bits per heavy atom. The Labute approximate surface area is 102 Å². The van der Waals surface area contributed by atoms with Gasteiger partial charge in [-0.05, 0) is 12.1 Å². The van der Waals surface area contributed by atoms with Gasteiger partial charge in [-0.3, -0.25) is 5.01 Å². The summed E-state index contributed by atoms with van der Waals surface area (Å²) in [6.45, 7) is 0. The molecule has 86 valence electrons. The number of nitrogens with zero attached hydrogens (tertiary/aromatic N) is 3. The molecule has 1 aromatic heterocycles. The van der Waals surface area contributed by atoms with E-state index in [9.17, 15) is 0 Å². The molecule has 0 aliphatic rings. The number of para-hydroxylation sites is 1. The summed E-state index contributed by atoms with van der Waals surface area (Å²) in [6, 6.07) is 14.1. The van der Waals surface area contributed by atoms with Crippen molar-refractivity contribution >= 4 is 11.9 Å². The lowest BCUT2D eigenvalue weighted by Crippen LogP contribution is -2.25. The van der Waals surface area contributed by atoms with Gasteiger partial charge in [0.1, 0.15) is 7.05 Å². The number of benzene rings is 1. The molecule has 0 bridgehead atoms. The molecule has 0 unspecified atom stereocenters. The minimum absolute atomic E-state index is 1.07. The zero-order valence-electron chi connectivity index (χ0n) is 10.1. The van der Waals surface area contributed by atoms with Crippen LogP contribution in [0, 0.1) is 0 Å². The predicted molar refractivity (Wildman–Crippen MR) is 70.1 cm³/mol. The first-order valence-corrected chi connectivity index (χ1v) is 5.54. The summed E-state index contributed by atoms with van der Waals surface area (Å²) >= 11 is 0. The minimum Gasteiger partial charge on any atom is -0.269 e. The van der Waals surface area contributed by atoms with Crippen LogP contribution < -0.4 is 9.58 Å². The average molecular weight is 226 g/mol. The van der Waals surface area contributed by atoms with E-state index < -0.39 is 0 Å². The smallest absolute Gasteiger partial charge is 0.169 e. The van der Waals surface area contributed by atoms with E-state index in [1.54, 1.807) is 0 Å². The molecule has 0 aliphatic heterocycles. The van der Waals surface area contributed by atoms with Crippen molar-refractivity contribution in [2.45, 2.75) is 0 Å². The van der Waals surface area contributed by atoms with Crippen LogP contribution in [0.15, 0.2) is 60.0 Å². The molecular weight excluding hydrogens is 210 g/mol. The molecular formula is C14H16N3+. The SMILES string of the molecule is CN(N=Cc1cc[n+](C)cc1)c1ccccc1. The Hall–Kier alpha value is -2.16. The zero-order chi connectivity index (χ0) is 12.1. The minimum atomic E-state index is 1.07. The lowest BCUT2D eigenvalue weighted by atomic mass is 10.3. The molecule has 0 N–H and O–H groups in total. The molecule has 0 fully saturated rings. The number of hydrogen-bond acceptors (Lipinski definition) is 2. The maximum atomic E-state index is 4.39. The van der Waals surface area contributed by atoms with E-state index in [0.29, 0.717) is 0 Å². The highest BCUT2D eigenvalue weighted by atomic mass is 15.4. The van der Waals surface area contributed by atoms with Gasteiger partial charge >= 0.3 is 0 Å². The van der Waals surface area contributed by atoms with Crippen molar-refractivity contribution in [2.24, 2.45) is 12.1 Å². The van der Waals surface area contributed by atoms with Crippen molar-refractivity contribution in [1.29, 1.82) is 0 Å². The molecule has 0 spiro atoms. The normalized spacial score (nSPS) is 10.7. The largest absolute Gasteiger partial charge is 0.269 e. The van der Waals surface area contributed by atoms with Crippen LogP contribution in [0.5, 0.6) is 0 Å². The predicted octanol–water partition coefficient (Wildman–Crippen LogP) is 1.98. The standard InChI is InChI=1S/C14H16N3/c1-16-10-8-13(9-11-16)12-15-17(2)14-6-4-3-5-7-14/h3-12H,1-2H3/q+1. The van der Waals surface area contributed by atoms with Gasteiger partial charge in [0, 0.05) is 24.7 Å². The third kappa shape index (κ3) is 3.14.